The number of H-pyrrole nitrogens is 1. The van der Waals surface area contributed by atoms with Crippen LogP contribution in [0.25, 0.3) is 11.6 Å². The Hall–Kier alpha value is -4.45. The van der Waals surface area contributed by atoms with Crippen LogP contribution in [0.15, 0.2) is 71.7 Å². The SMILES string of the molecule is CC1Oc2ccc(C3=c4ccccc4=c4ccc5c(c4C3)CCCC=5)cc2N(C)C1=O.Cc1cn[nH]c(=O)c1. The highest BCUT2D eigenvalue weighted by atomic mass is 16.5. The Kier molecular flexibility index (Phi) is 6.39. The van der Waals surface area contributed by atoms with E-state index in [9.17, 15) is 9.59 Å². The van der Waals surface area contributed by atoms with Crippen molar-refractivity contribution in [2.24, 2.45) is 0 Å². The third kappa shape index (κ3) is 4.56. The third-order valence-corrected chi connectivity index (χ3v) is 7.81. The van der Waals surface area contributed by atoms with Crippen LogP contribution in [0.5, 0.6) is 5.75 Å². The van der Waals surface area contributed by atoms with Crippen LogP contribution in [0, 0.1) is 17.4 Å². The number of hydrogen-bond donors (Lipinski definition) is 1. The van der Waals surface area contributed by atoms with Crippen LogP contribution in [-0.2, 0) is 17.6 Å². The van der Waals surface area contributed by atoms with E-state index in [0.29, 0.717) is 0 Å². The molecule has 1 N–H and O–H groups in total. The fraction of sp³-hybridized carbons (Fsp3) is 0.242. The predicted octanol–water partition coefficient (Wildman–Crippen LogP) is 3.67. The second kappa shape index (κ2) is 10.0. The van der Waals surface area contributed by atoms with Crippen molar-refractivity contribution < 1.29 is 9.53 Å². The molecule has 1 aromatic heterocycles. The Balaban J connectivity index is 0.000000299. The largest absolute Gasteiger partial charge is 0.479 e. The summed E-state index contributed by atoms with van der Waals surface area (Å²) in [7, 11) is 1.84. The lowest BCUT2D eigenvalue weighted by molar-refractivity contribution is -0.125. The Bertz CT molecular complexity index is 1890. The molecule has 1 atom stereocenters. The van der Waals surface area contributed by atoms with Crippen LogP contribution in [0.4, 0.5) is 5.69 Å². The van der Waals surface area contributed by atoms with E-state index in [1.54, 1.807) is 18.0 Å². The number of aromatic amines is 1. The van der Waals surface area contributed by atoms with Gasteiger partial charge in [0, 0.05) is 13.1 Å². The molecule has 1 aliphatic heterocycles. The Morgan fingerprint density at radius 1 is 0.974 bits per heavy atom. The maximum absolute atomic E-state index is 12.5. The number of nitrogens with zero attached hydrogens (tertiary/aromatic N) is 2. The molecule has 0 spiro atoms. The number of amides is 1. The van der Waals surface area contributed by atoms with Gasteiger partial charge in [0.05, 0.1) is 11.9 Å². The van der Waals surface area contributed by atoms with Gasteiger partial charge < -0.3 is 9.64 Å². The highest BCUT2D eigenvalue weighted by molar-refractivity contribution is 5.99. The number of anilines is 1. The minimum Gasteiger partial charge on any atom is -0.479 e. The summed E-state index contributed by atoms with van der Waals surface area (Å²) in [6, 6.07) is 21.1. The van der Waals surface area contributed by atoms with E-state index in [-0.39, 0.29) is 11.5 Å². The van der Waals surface area contributed by atoms with Gasteiger partial charge in [-0.1, -0.05) is 48.5 Å². The Morgan fingerprint density at radius 2 is 1.79 bits per heavy atom. The highest BCUT2D eigenvalue weighted by Gasteiger charge is 2.29. The predicted molar refractivity (Wildman–Crippen MR) is 153 cm³/mol. The van der Waals surface area contributed by atoms with Crippen molar-refractivity contribution in [1.29, 1.82) is 0 Å². The smallest absolute Gasteiger partial charge is 0.267 e. The number of ether oxygens (including phenoxy) is 1. The molecule has 2 aliphatic carbocycles. The summed E-state index contributed by atoms with van der Waals surface area (Å²) in [5.41, 5.74) is 7.04. The van der Waals surface area contributed by atoms with Gasteiger partial charge >= 0.3 is 0 Å². The van der Waals surface area contributed by atoms with E-state index in [1.807, 2.05) is 20.0 Å². The number of likely N-dealkylation sites (N-methyl/N-ethyl adjacent to an activating group) is 1. The number of benzene rings is 3. The van der Waals surface area contributed by atoms with E-state index in [2.05, 4.69) is 64.8 Å². The summed E-state index contributed by atoms with van der Waals surface area (Å²) in [5, 5.41) is 11.2. The van der Waals surface area contributed by atoms with Crippen LogP contribution in [0.1, 0.15) is 42.0 Å². The van der Waals surface area contributed by atoms with Crippen molar-refractivity contribution in [3.63, 3.8) is 0 Å². The standard InChI is InChI=1S/C28H25NO2.C5H6N2O/c1-17-28(30)29(2)26-15-19(12-14-27(26)31-17)24-16-25-20-8-4-3-7-18(20)11-13-23(25)21-9-5-6-10-22(21)24;1-4-2-5(8)7-6-3-4/h5-7,9-15,17H,3-4,8,16H2,1-2H3;2-3H,1H3,(H,7,8). The van der Waals surface area contributed by atoms with Crippen molar-refractivity contribution in [1.82, 2.24) is 10.2 Å². The first kappa shape index (κ1) is 24.9. The molecule has 196 valence electrons. The molecule has 0 fully saturated rings. The second-order valence-corrected chi connectivity index (χ2v) is 10.4. The van der Waals surface area contributed by atoms with Crippen molar-refractivity contribution >= 4 is 23.2 Å². The fourth-order valence-electron chi connectivity index (χ4n) is 5.87. The molecule has 0 bridgehead atoms. The molecule has 7 rings (SSSR count). The molecule has 0 radical (unpaired) electrons. The summed E-state index contributed by atoms with van der Waals surface area (Å²) in [5.74, 6) is 0.768. The van der Waals surface area contributed by atoms with Crippen molar-refractivity contribution in [3.05, 3.63) is 120 Å². The van der Waals surface area contributed by atoms with Crippen LogP contribution in [0.3, 0.4) is 0 Å². The quantitative estimate of drug-likeness (QED) is 0.418. The van der Waals surface area contributed by atoms with E-state index in [0.717, 1.165) is 35.4 Å². The first-order chi connectivity index (χ1) is 18.9. The summed E-state index contributed by atoms with van der Waals surface area (Å²) >= 11 is 0. The Morgan fingerprint density at radius 3 is 2.56 bits per heavy atom. The van der Waals surface area contributed by atoms with Gasteiger partial charge in [-0.2, -0.15) is 5.10 Å². The zero-order chi connectivity index (χ0) is 27.1. The number of nitrogens with one attached hydrogen (secondary N) is 1. The van der Waals surface area contributed by atoms with Crippen molar-refractivity contribution in [2.75, 3.05) is 11.9 Å². The Labute approximate surface area is 226 Å². The molecular formula is C33H31N3O3. The fourth-order valence-corrected chi connectivity index (χ4v) is 5.87. The lowest BCUT2D eigenvalue weighted by atomic mass is 9.84. The molecule has 4 aromatic rings. The third-order valence-electron chi connectivity index (χ3n) is 7.81. The van der Waals surface area contributed by atoms with Crippen molar-refractivity contribution in [2.45, 2.75) is 45.6 Å². The monoisotopic (exact) mass is 517 g/mol. The number of carbonyl (C=O) groups excluding carboxylic acids is 1. The van der Waals surface area contributed by atoms with Gasteiger partial charge in [0.1, 0.15) is 5.75 Å². The minimum atomic E-state index is -0.443. The summed E-state index contributed by atoms with van der Waals surface area (Å²) in [4.78, 5) is 24.6. The first-order valence-corrected chi connectivity index (χ1v) is 13.4. The molecule has 3 aliphatic rings. The van der Waals surface area contributed by atoms with E-state index >= 15 is 0 Å². The van der Waals surface area contributed by atoms with Gasteiger partial charge in [-0.05, 0) is 100 Å². The van der Waals surface area contributed by atoms with E-state index in [1.165, 1.54) is 56.5 Å². The topological polar surface area (TPSA) is 75.3 Å². The zero-order valence-electron chi connectivity index (χ0n) is 22.5. The summed E-state index contributed by atoms with van der Waals surface area (Å²) < 4.78 is 5.85. The highest BCUT2D eigenvalue weighted by Crippen LogP contribution is 2.36. The van der Waals surface area contributed by atoms with Crippen LogP contribution >= 0.6 is 0 Å². The zero-order valence-corrected chi connectivity index (χ0v) is 22.5. The first-order valence-electron chi connectivity index (χ1n) is 13.4. The molecule has 3 aromatic carbocycles. The second-order valence-electron chi connectivity index (χ2n) is 10.4. The average molecular weight is 518 g/mol. The molecule has 1 amide bonds. The van der Waals surface area contributed by atoms with Crippen LogP contribution in [0.2, 0.25) is 0 Å². The molecule has 6 nitrogen and oxygen atoms in total. The lowest BCUT2D eigenvalue weighted by Crippen LogP contribution is -2.42. The minimum absolute atomic E-state index is 0.00588. The molecule has 2 heterocycles. The molecule has 6 heteroatoms. The van der Waals surface area contributed by atoms with Gasteiger partial charge in [0.15, 0.2) is 6.10 Å². The maximum atomic E-state index is 12.5. The van der Waals surface area contributed by atoms with Crippen LogP contribution in [-0.4, -0.2) is 29.3 Å². The van der Waals surface area contributed by atoms with Gasteiger partial charge in [0.2, 0.25) is 0 Å². The number of aromatic nitrogens is 2. The van der Waals surface area contributed by atoms with Gasteiger partial charge in [0.25, 0.3) is 11.5 Å². The van der Waals surface area contributed by atoms with Crippen LogP contribution < -0.4 is 25.6 Å². The molecule has 0 saturated carbocycles. The number of aryl methyl sites for hydroxylation is 1. The maximum Gasteiger partial charge on any atom is 0.267 e. The summed E-state index contributed by atoms with van der Waals surface area (Å²) in [6.07, 6.45) is 8.00. The normalized spacial score (nSPS) is 16.9. The number of rotatable bonds is 1. The molecule has 1 unspecified atom stereocenters. The van der Waals surface area contributed by atoms with Gasteiger partial charge in [-0.3, -0.25) is 9.59 Å². The van der Waals surface area contributed by atoms with Gasteiger partial charge in [-0.25, -0.2) is 5.10 Å². The molecular weight excluding hydrogens is 486 g/mol. The molecule has 0 saturated heterocycles. The van der Waals surface area contributed by atoms with E-state index in [4.69, 9.17) is 4.74 Å². The van der Waals surface area contributed by atoms with E-state index < -0.39 is 6.10 Å². The molecule has 39 heavy (non-hydrogen) atoms. The lowest BCUT2D eigenvalue weighted by Gasteiger charge is -2.31. The number of carbonyl (C=O) groups is 1. The number of hydrogen-bond acceptors (Lipinski definition) is 4. The number of fused-ring (bicyclic) bond motifs is 5. The van der Waals surface area contributed by atoms with Gasteiger partial charge in [-0.15, -0.1) is 0 Å². The average Bonchev–Trinajstić information content (AvgIpc) is 2.95. The van der Waals surface area contributed by atoms with Crippen molar-refractivity contribution in [3.8, 4) is 5.75 Å². The summed E-state index contributed by atoms with van der Waals surface area (Å²) in [6.45, 7) is 3.63.